The monoisotopic (exact) mass is 291 g/mol. The van der Waals surface area contributed by atoms with Gasteiger partial charge in [-0.2, -0.15) is 4.73 Å². The van der Waals surface area contributed by atoms with Crippen molar-refractivity contribution < 1.29 is 5.21 Å². The molecule has 1 aromatic heterocycles. The number of nitrogens with zero attached hydrogens (tertiary/aromatic N) is 1. The number of rotatable bonds is 3. The molecule has 0 radical (unpaired) electrons. The summed E-state index contributed by atoms with van der Waals surface area (Å²) in [5, 5.41) is 10.2. The molecule has 0 aliphatic carbocycles. The summed E-state index contributed by atoms with van der Waals surface area (Å²) in [4.78, 5) is 11.9. The molecule has 0 amide bonds. The quantitative estimate of drug-likeness (QED) is 0.750. The van der Waals surface area contributed by atoms with Crippen LogP contribution in [-0.4, -0.2) is 9.94 Å². The average Bonchev–Trinajstić information content (AvgIpc) is 2.54. The molecule has 2 aromatic carbocycles. The van der Waals surface area contributed by atoms with Crippen molar-refractivity contribution in [3.05, 3.63) is 106 Å². The maximum atomic E-state index is 11.9. The first kappa shape index (κ1) is 14.1. The Labute approximate surface area is 129 Å². The second kappa shape index (κ2) is 5.90. The second-order valence-corrected chi connectivity index (χ2v) is 5.36. The van der Waals surface area contributed by atoms with Crippen molar-refractivity contribution >= 4 is 0 Å². The van der Waals surface area contributed by atoms with E-state index in [2.05, 4.69) is 0 Å². The lowest BCUT2D eigenvalue weighted by atomic mass is 9.87. The fourth-order valence-corrected chi connectivity index (χ4v) is 2.75. The maximum absolute atomic E-state index is 11.9. The number of aryl methyl sites for hydroxylation is 1. The van der Waals surface area contributed by atoms with E-state index < -0.39 is 5.56 Å². The zero-order valence-corrected chi connectivity index (χ0v) is 12.3. The molecule has 1 N–H and O–H groups in total. The van der Waals surface area contributed by atoms with Gasteiger partial charge in [-0.05, 0) is 29.7 Å². The Morgan fingerprint density at radius 1 is 0.864 bits per heavy atom. The van der Waals surface area contributed by atoms with Crippen molar-refractivity contribution in [2.75, 3.05) is 0 Å². The van der Waals surface area contributed by atoms with Crippen molar-refractivity contribution in [2.24, 2.45) is 0 Å². The van der Waals surface area contributed by atoms with Gasteiger partial charge in [-0.3, -0.25) is 4.79 Å². The fourth-order valence-electron chi connectivity index (χ4n) is 2.75. The Kier molecular flexibility index (Phi) is 3.79. The Morgan fingerprint density at radius 3 is 1.86 bits per heavy atom. The molecule has 0 saturated heterocycles. The third kappa shape index (κ3) is 2.66. The Morgan fingerprint density at radius 2 is 1.36 bits per heavy atom. The molecule has 0 unspecified atom stereocenters. The van der Waals surface area contributed by atoms with E-state index in [9.17, 15) is 10.0 Å². The summed E-state index contributed by atoms with van der Waals surface area (Å²) in [6, 6.07) is 23.0. The molecule has 0 atom stereocenters. The summed E-state index contributed by atoms with van der Waals surface area (Å²) in [5.41, 5.74) is 3.06. The van der Waals surface area contributed by atoms with Crippen LogP contribution in [0.1, 0.15) is 28.3 Å². The molecule has 3 nitrogen and oxygen atoms in total. The molecule has 3 heteroatoms. The van der Waals surface area contributed by atoms with Crippen LogP contribution in [0, 0.1) is 6.92 Å². The highest BCUT2D eigenvalue weighted by molar-refractivity contribution is 5.41. The van der Waals surface area contributed by atoms with Gasteiger partial charge < -0.3 is 5.21 Å². The van der Waals surface area contributed by atoms with E-state index in [1.807, 2.05) is 73.7 Å². The minimum Gasteiger partial charge on any atom is -0.425 e. The molecule has 3 rings (SSSR count). The van der Waals surface area contributed by atoms with E-state index in [0.29, 0.717) is 5.69 Å². The van der Waals surface area contributed by atoms with Gasteiger partial charge in [0, 0.05) is 6.07 Å². The molecule has 0 bridgehead atoms. The van der Waals surface area contributed by atoms with Crippen LogP contribution in [0.15, 0.2) is 77.6 Å². The summed E-state index contributed by atoms with van der Waals surface area (Å²) in [6.07, 6.45) is 0. The predicted molar refractivity (Wildman–Crippen MR) is 86.5 cm³/mol. The number of hydrogen-bond acceptors (Lipinski definition) is 2. The standard InChI is InChI=1S/C19H17NO2/c1-14-12-17(20(22)18(21)13-14)19(15-8-4-2-5-9-15)16-10-6-3-7-11-16/h2-13,19,22H,1H3. The van der Waals surface area contributed by atoms with Gasteiger partial charge in [-0.25, -0.2) is 0 Å². The van der Waals surface area contributed by atoms with Crippen LogP contribution in [0.4, 0.5) is 0 Å². The van der Waals surface area contributed by atoms with Crippen molar-refractivity contribution in [3.63, 3.8) is 0 Å². The normalized spacial score (nSPS) is 10.8. The van der Waals surface area contributed by atoms with Crippen LogP contribution in [0.25, 0.3) is 0 Å². The number of hydrogen-bond donors (Lipinski definition) is 1. The molecule has 0 aliphatic heterocycles. The average molecular weight is 291 g/mol. The summed E-state index contributed by atoms with van der Waals surface area (Å²) in [6.45, 7) is 1.86. The summed E-state index contributed by atoms with van der Waals surface area (Å²) in [5.74, 6) is -0.194. The van der Waals surface area contributed by atoms with Crippen LogP contribution in [0.5, 0.6) is 0 Å². The highest BCUT2D eigenvalue weighted by atomic mass is 16.5. The molecule has 22 heavy (non-hydrogen) atoms. The highest BCUT2D eigenvalue weighted by Gasteiger charge is 2.20. The van der Waals surface area contributed by atoms with Gasteiger partial charge in [-0.1, -0.05) is 60.7 Å². The van der Waals surface area contributed by atoms with Crippen LogP contribution >= 0.6 is 0 Å². The smallest absolute Gasteiger partial charge is 0.283 e. The van der Waals surface area contributed by atoms with Crippen molar-refractivity contribution in [1.29, 1.82) is 0 Å². The van der Waals surface area contributed by atoms with Gasteiger partial charge in [0.2, 0.25) is 0 Å². The van der Waals surface area contributed by atoms with Gasteiger partial charge in [0.15, 0.2) is 0 Å². The summed E-state index contributed by atoms with van der Waals surface area (Å²) < 4.78 is 0.748. The second-order valence-electron chi connectivity index (χ2n) is 5.36. The maximum Gasteiger partial charge on any atom is 0.283 e. The molecular formula is C19H17NO2. The molecule has 0 spiro atoms. The SMILES string of the molecule is Cc1cc(C(c2ccccc2)c2ccccc2)n(O)c(=O)c1. The Hall–Kier alpha value is -2.81. The first-order valence-corrected chi connectivity index (χ1v) is 7.19. The predicted octanol–water partition coefficient (Wildman–Crippen LogP) is 3.57. The third-order valence-electron chi connectivity index (χ3n) is 3.74. The number of benzene rings is 2. The van der Waals surface area contributed by atoms with Crippen LogP contribution < -0.4 is 5.56 Å². The third-order valence-corrected chi connectivity index (χ3v) is 3.74. The van der Waals surface area contributed by atoms with E-state index in [-0.39, 0.29) is 5.92 Å². The lowest BCUT2D eigenvalue weighted by Crippen LogP contribution is -2.23. The minimum absolute atomic E-state index is 0.194. The zero-order valence-electron chi connectivity index (χ0n) is 12.3. The van der Waals surface area contributed by atoms with Crippen LogP contribution in [0.2, 0.25) is 0 Å². The lowest BCUT2D eigenvalue weighted by molar-refractivity contribution is 0.164. The summed E-state index contributed by atoms with van der Waals surface area (Å²) in [7, 11) is 0. The van der Waals surface area contributed by atoms with Gasteiger partial charge in [0.1, 0.15) is 0 Å². The largest absolute Gasteiger partial charge is 0.425 e. The van der Waals surface area contributed by atoms with Gasteiger partial charge >= 0.3 is 0 Å². The zero-order chi connectivity index (χ0) is 15.5. The minimum atomic E-state index is -0.410. The van der Waals surface area contributed by atoms with Crippen molar-refractivity contribution in [3.8, 4) is 0 Å². The lowest BCUT2D eigenvalue weighted by Gasteiger charge is -2.20. The Balaban J connectivity index is 2.26. The van der Waals surface area contributed by atoms with E-state index in [1.165, 1.54) is 6.07 Å². The number of pyridine rings is 1. The van der Waals surface area contributed by atoms with E-state index in [4.69, 9.17) is 0 Å². The first-order valence-electron chi connectivity index (χ1n) is 7.19. The van der Waals surface area contributed by atoms with Gasteiger partial charge in [-0.15, -0.1) is 0 Å². The first-order chi connectivity index (χ1) is 10.7. The van der Waals surface area contributed by atoms with E-state index >= 15 is 0 Å². The fraction of sp³-hybridized carbons (Fsp3) is 0.105. The molecule has 0 aliphatic rings. The van der Waals surface area contributed by atoms with E-state index in [1.54, 1.807) is 0 Å². The molecule has 3 aromatic rings. The van der Waals surface area contributed by atoms with Crippen LogP contribution in [-0.2, 0) is 0 Å². The molecule has 1 heterocycles. The van der Waals surface area contributed by atoms with Gasteiger partial charge in [0.05, 0.1) is 11.6 Å². The van der Waals surface area contributed by atoms with Crippen LogP contribution in [0.3, 0.4) is 0 Å². The van der Waals surface area contributed by atoms with Crippen molar-refractivity contribution in [2.45, 2.75) is 12.8 Å². The topological polar surface area (TPSA) is 42.2 Å². The van der Waals surface area contributed by atoms with Crippen molar-refractivity contribution in [1.82, 2.24) is 4.73 Å². The Bertz CT molecular complexity index is 784. The summed E-state index contributed by atoms with van der Waals surface area (Å²) >= 11 is 0. The molecule has 0 fully saturated rings. The highest BCUT2D eigenvalue weighted by Crippen LogP contribution is 2.31. The van der Waals surface area contributed by atoms with Gasteiger partial charge in [0.25, 0.3) is 5.56 Å². The molecule has 0 saturated carbocycles. The molecule has 110 valence electrons. The van der Waals surface area contributed by atoms with E-state index in [0.717, 1.165) is 21.4 Å². The number of aromatic nitrogens is 1. The molecular weight excluding hydrogens is 274 g/mol.